The number of anilines is 1. The van der Waals surface area contributed by atoms with Crippen LogP contribution in [0.15, 0.2) is 18.3 Å². The second-order valence-corrected chi connectivity index (χ2v) is 5.76. The number of pyridine rings is 1. The van der Waals surface area contributed by atoms with Gasteiger partial charge in [-0.25, -0.2) is 4.98 Å². The van der Waals surface area contributed by atoms with Gasteiger partial charge in [0.05, 0.1) is 17.5 Å². The molecular formula is C13H15N3O2S. The molecule has 2 heterocycles. The monoisotopic (exact) mass is 277 g/mol. The van der Waals surface area contributed by atoms with Gasteiger partial charge in [0, 0.05) is 21.5 Å². The van der Waals surface area contributed by atoms with Gasteiger partial charge in [-0.3, -0.25) is 10.1 Å². The summed E-state index contributed by atoms with van der Waals surface area (Å²) in [5.41, 5.74) is 1.93. The molecule has 0 bridgehead atoms. The minimum Gasteiger partial charge on any atom is -0.365 e. The summed E-state index contributed by atoms with van der Waals surface area (Å²) in [7, 11) is 0. The lowest BCUT2D eigenvalue weighted by Crippen LogP contribution is -2.01. The topological polar surface area (TPSA) is 68.1 Å². The molecule has 0 aliphatic heterocycles. The lowest BCUT2D eigenvalue weighted by Gasteiger charge is -2.04. The van der Waals surface area contributed by atoms with Crippen molar-refractivity contribution in [2.75, 3.05) is 5.32 Å². The van der Waals surface area contributed by atoms with Crippen molar-refractivity contribution in [3.63, 3.8) is 0 Å². The van der Waals surface area contributed by atoms with E-state index in [0.29, 0.717) is 17.9 Å². The van der Waals surface area contributed by atoms with E-state index in [1.807, 2.05) is 0 Å². The quantitative estimate of drug-likeness (QED) is 0.685. The van der Waals surface area contributed by atoms with Crippen LogP contribution in [-0.4, -0.2) is 9.91 Å². The Kier molecular flexibility index (Phi) is 3.80. The summed E-state index contributed by atoms with van der Waals surface area (Å²) in [4.78, 5) is 17.1. The molecule has 0 unspecified atom stereocenters. The molecule has 2 aromatic rings. The molecule has 0 saturated heterocycles. The first-order valence-corrected chi connectivity index (χ1v) is 6.70. The van der Waals surface area contributed by atoms with Crippen molar-refractivity contribution in [2.24, 2.45) is 0 Å². The third-order valence-corrected chi connectivity index (χ3v) is 4.08. The highest BCUT2D eigenvalue weighted by Crippen LogP contribution is 2.23. The summed E-state index contributed by atoms with van der Waals surface area (Å²) in [5.74, 6) is 0.529. The first kappa shape index (κ1) is 13.5. The van der Waals surface area contributed by atoms with Crippen LogP contribution in [0.5, 0.6) is 0 Å². The first-order valence-electron chi connectivity index (χ1n) is 5.88. The van der Waals surface area contributed by atoms with E-state index in [0.717, 1.165) is 0 Å². The van der Waals surface area contributed by atoms with Crippen molar-refractivity contribution < 1.29 is 4.92 Å². The van der Waals surface area contributed by atoms with Crippen LogP contribution >= 0.6 is 11.3 Å². The molecule has 2 aromatic heterocycles. The molecule has 0 spiro atoms. The fraction of sp³-hybridized carbons (Fsp3) is 0.308. The lowest BCUT2D eigenvalue weighted by molar-refractivity contribution is -0.385. The molecule has 0 atom stereocenters. The van der Waals surface area contributed by atoms with E-state index < -0.39 is 0 Å². The van der Waals surface area contributed by atoms with Crippen molar-refractivity contribution in [3.05, 3.63) is 49.3 Å². The molecule has 0 aromatic carbocycles. The summed E-state index contributed by atoms with van der Waals surface area (Å²) in [6, 6.07) is 3.60. The Hall–Kier alpha value is -1.95. The van der Waals surface area contributed by atoms with Crippen molar-refractivity contribution in [3.8, 4) is 0 Å². The number of hydrogen-bond donors (Lipinski definition) is 1. The Morgan fingerprint density at radius 3 is 2.63 bits per heavy atom. The van der Waals surface area contributed by atoms with E-state index in [9.17, 15) is 10.1 Å². The van der Waals surface area contributed by atoms with Crippen LogP contribution in [0, 0.1) is 30.9 Å². The average molecular weight is 277 g/mol. The van der Waals surface area contributed by atoms with Crippen LogP contribution in [-0.2, 0) is 6.54 Å². The summed E-state index contributed by atoms with van der Waals surface area (Å²) < 4.78 is 0. The van der Waals surface area contributed by atoms with Crippen LogP contribution in [0.4, 0.5) is 11.5 Å². The van der Waals surface area contributed by atoms with E-state index in [-0.39, 0.29) is 10.6 Å². The smallest absolute Gasteiger partial charge is 0.277 e. The van der Waals surface area contributed by atoms with Crippen LogP contribution in [0.1, 0.15) is 20.9 Å². The zero-order valence-corrected chi connectivity index (χ0v) is 11.9. The van der Waals surface area contributed by atoms with Gasteiger partial charge in [-0.05, 0) is 32.4 Å². The highest BCUT2D eigenvalue weighted by molar-refractivity contribution is 7.12. The molecule has 6 heteroatoms. The number of hydrogen-bond acceptors (Lipinski definition) is 5. The Morgan fingerprint density at radius 1 is 1.32 bits per heavy atom. The van der Waals surface area contributed by atoms with Gasteiger partial charge in [-0.1, -0.05) is 0 Å². The molecule has 0 radical (unpaired) electrons. The highest BCUT2D eigenvalue weighted by atomic mass is 32.1. The minimum atomic E-state index is -0.387. The van der Waals surface area contributed by atoms with Gasteiger partial charge in [0.1, 0.15) is 5.82 Å². The normalized spacial score (nSPS) is 10.5. The number of thiophene rings is 1. The Labute approximate surface area is 115 Å². The second kappa shape index (κ2) is 5.36. The predicted octanol–water partition coefficient (Wildman–Crippen LogP) is 3.59. The number of aryl methyl sites for hydroxylation is 3. The molecule has 19 heavy (non-hydrogen) atoms. The molecular weight excluding hydrogens is 262 g/mol. The number of nitrogens with one attached hydrogen (secondary N) is 1. The van der Waals surface area contributed by atoms with Gasteiger partial charge in [0.15, 0.2) is 0 Å². The number of nitrogens with zero attached hydrogens (tertiary/aromatic N) is 2. The molecule has 5 nitrogen and oxygen atoms in total. The zero-order valence-electron chi connectivity index (χ0n) is 11.1. The Morgan fingerprint density at radius 2 is 2.05 bits per heavy atom. The largest absolute Gasteiger partial charge is 0.365 e. The van der Waals surface area contributed by atoms with Crippen LogP contribution in [0.25, 0.3) is 0 Å². The van der Waals surface area contributed by atoms with Gasteiger partial charge in [-0.15, -0.1) is 11.3 Å². The summed E-state index contributed by atoms with van der Waals surface area (Å²) >= 11 is 1.72. The van der Waals surface area contributed by atoms with Crippen LogP contribution in [0.2, 0.25) is 0 Å². The molecule has 0 saturated carbocycles. The van der Waals surface area contributed by atoms with Gasteiger partial charge < -0.3 is 5.32 Å². The lowest BCUT2D eigenvalue weighted by atomic mass is 10.2. The Balaban J connectivity index is 2.11. The number of nitro groups is 1. The fourth-order valence-corrected chi connectivity index (χ4v) is 2.71. The average Bonchev–Trinajstić information content (AvgIpc) is 2.67. The zero-order chi connectivity index (χ0) is 14.0. The first-order chi connectivity index (χ1) is 8.97. The molecule has 0 fully saturated rings. The van der Waals surface area contributed by atoms with Crippen LogP contribution in [0.3, 0.4) is 0 Å². The minimum absolute atomic E-state index is 0.0936. The molecule has 2 rings (SSSR count). The maximum absolute atomic E-state index is 10.8. The second-order valence-electron chi connectivity index (χ2n) is 4.42. The van der Waals surface area contributed by atoms with E-state index in [1.54, 1.807) is 18.3 Å². The summed E-state index contributed by atoms with van der Waals surface area (Å²) in [6.45, 7) is 6.47. The molecule has 0 aliphatic carbocycles. The maximum atomic E-state index is 10.8. The molecule has 0 aliphatic rings. The molecule has 1 N–H and O–H groups in total. The third-order valence-electron chi connectivity index (χ3n) is 2.93. The van der Waals surface area contributed by atoms with Crippen molar-refractivity contribution in [1.29, 1.82) is 0 Å². The van der Waals surface area contributed by atoms with Crippen molar-refractivity contribution in [1.82, 2.24) is 4.98 Å². The summed E-state index contributed by atoms with van der Waals surface area (Å²) in [5, 5.41) is 14.0. The number of rotatable bonds is 4. The van der Waals surface area contributed by atoms with Gasteiger partial charge >= 0.3 is 0 Å². The van der Waals surface area contributed by atoms with Gasteiger partial charge in [0.2, 0.25) is 0 Å². The summed E-state index contributed by atoms with van der Waals surface area (Å²) in [6.07, 6.45) is 1.52. The fourth-order valence-electron chi connectivity index (χ4n) is 1.72. The van der Waals surface area contributed by atoms with E-state index in [2.05, 4.69) is 30.2 Å². The maximum Gasteiger partial charge on any atom is 0.277 e. The standard InChI is InChI=1S/C13H15N3O2S/c1-8-4-11(19-10(8)3)7-15-13-5-12(16(17)18)9(2)6-14-13/h4-6H,7H2,1-3H3,(H,14,15). The molecule has 100 valence electrons. The van der Waals surface area contributed by atoms with Crippen LogP contribution < -0.4 is 5.32 Å². The van der Waals surface area contributed by atoms with E-state index in [1.165, 1.54) is 27.6 Å². The van der Waals surface area contributed by atoms with Gasteiger partial charge in [0.25, 0.3) is 5.69 Å². The van der Waals surface area contributed by atoms with E-state index in [4.69, 9.17) is 0 Å². The Bertz CT molecular complexity index is 603. The number of aromatic nitrogens is 1. The molecule has 0 amide bonds. The van der Waals surface area contributed by atoms with Crippen molar-refractivity contribution in [2.45, 2.75) is 27.3 Å². The van der Waals surface area contributed by atoms with Gasteiger partial charge in [-0.2, -0.15) is 0 Å². The predicted molar refractivity (Wildman–Crippen MR) is 76.7 cm³/mol. The van der Waals surface area contributed by atoms with Crippen molar-refractivity contribution >= 4 is 22.8 Å². The highest BCUT2D eigenvalue weighted by Gasteiger charge is 2.12. The SMILES string of the molecule is Cc1cnc(NCc2cc(C)c(C)s2)cc1[N+](=O)[O-]. The van der Waals surface area contributed by atoms with E-state index >= 15 is 0 Å². The third kappa shape index (κ3) is 3.08.